The largest absolute Gasteiger partial charge is 1.00 e. The number of ether oxygens (including phenoxy) is 9. The van der Waals surface area contributed by atoms with Gasteiger partial charge in [0.15, 0.2) is 23.0 Å². The van der Waals surface area contributed by atoms with E-state index in [0.717, 1.165) is 20.4 Å². The van der Waals surface area contributed by atoms with Gasteiger partial charge in [0, 0.05) is 36.7 Å². The van der Waals surface area contributed by atoms with Gasteiger partial charge in [-0.25, -0.2) is 4.79 Å². The maximum atomic E-state index is 11.2. The molecule has 0 fully saturated rings. The number of rotatable bonds is 11. The van der Waals surface area contributed by atoms with Crippen molar-refractivity contribution in [2.24, 2.45) is 0 Å². The molecule has 6 rings (SSSR count). The number of aromatic nitrogens is 5. The second kappa shape index (κ2) is 43.7. The molecule has 0 unspecified atom stereocenters. The summed E-state index contributed by atoms with van der Waals surface area (Å²) in [7, 11) is 14.6. The zero-order chi connectivity index (χ0) is 53.6. The van der Waals surface area contributed by atoms with Crippen LogP contribution in [0.15, 0.2) is 110 Å². The SMILES string of the molecule is COc1cc(OC)c(OC)[n+]([O-])c1.COc1cc(OC)c([N+](=O)[O-])[n+]([O-])c1.COc1cc(OC)c[n+]([O-])c1.COc1cncc(OC)c1.C[O-].C[O-].Clc1cncc(Cl)c1.O=C(OO)c1ccccc1.[Na+].[Na+]. The standard InChI is InChI=1S/C8H11NO4.C7H8N2O5.C7H9NO3.C7H9NO2.C7H6O3.C5H3Cl2N.2CH3O.2Na/c1-11-6-4-7(12-2)8(13-3)9(10)5-6;1-13-5-3-6(14-2)7(9(11)12)8(10)4-5;1-10-6-3-7(11-2)5-8(9)4-6;1-9-6-3-7(10-2)5-8-4-6;8-7(10-9)6-4-2-1-3-5-6;6-4-1-5(7)3-8-2-4;2*1-2;;/h4-5H,1-3H3;3-4H,1-2H3;3-5H,1-2H3;3-5H,1-2H3;1-5,9H;1-3H;2*1H3;;/q;;;;;;2*-1;2*+1. The van der Waals surface area contributed by atoms with Gasteiger partial charge < -0.3 is 68.5 Å². The summed E-state index contributed by atoms with van der Waals surface area (Å²) in [4.78, 5) is 31.3. The van der Waals surface area contributed by atoms with E-state index in [-0.39, 0.29) is 81.2 Å². The summed E-state index contributed by atoms with van der Waals surface area (Å²) in [6.45, 7) is 0. The fourth-order valence-corrected chi connectivity index (χ4v) is 4.67. The molecular formula is C43H52Cl2N6Na2O19. The van der Waals surface area contributed by atoms with Crippen LogP contribution in [-0.2, 0) is 4.89 Å². The Hall–Kier alpha value is -6.10. The topological polar surface area (TPSA) is 325 Å². The summed E-state index contributed by atoms with van der Waals surface area (Å²) in [5.74, 6) is 1.94. The third-order valence-electron chi connectivity index (χ3n) is 7.34. The fraction of sp³-hybridized carbons (Fsp3) is 0.256. The van der Waals surface area contributed by atoms with Crippen molar-refractivity contribution in [3.05, 3.63) is 152 Å². The Morgan fingerprint density at radius 2 is 0.931 bits per heavy atom. The van der Waals surface area contributed by atoms with Gasteiger partial charge in [0.2, 0.25) is 30.5 Å². The molecule has 25 nitrogen and oxygen atoms in total. The number of nitrogens with zero attached hydrogens (tertiary/aromatic N) is 6. The number of benzene rings is 1. The number of carbonyl (C=O) groups excluding carboxylic acids is 1. The van der Waals surface area contributed by atoms with Gasteiger partial charge in [0.25, 0.3) is 5.75 Å². The molecule has 0 spiro atoms. The normalized spacial score (nSPS) is 8.67. The number of nitro groups is 1. The van der Waals surface area contributed by atoms with Crippen LogP contribution in [0.25, 0.3) is 0 Å². The van der Waals surface area contributed by atoms with E-state index < -0.39 is 16.7 Å². The number of pyridine rings is 5. The van der Waals surface area contributed by atoms with Crippen LogP contribution >= 0.6 is 23.2 Å². The Balaban J connectivity index is -0.000000380. The van der Waals surface area contributed by atoms with Gasteiger partial charge in [-0.2, -0.15) is 24.2 Å². The number of carbonyl (C=O) groups is 1. The molecule has 0 atom stereocenters. The summed E-state index contributed by atoms with van der Waals surface area (Å²) in [5, 5.41) is 69.2. The van der Waals surface area contributed by atoms with E-state index in [0.29, 0.717) is 59.6 Å². The average molecular weight is 1070 g/mol. The van der Waals surface area contributed by atoms with Crippen molar-refractivity contribution in [3.8, 4) is 51.9 Å². The van der Waals surface area contributed by atoms with Crippen LogP contribution in [0.2, 0.25) is 10.0 Å². The molecule has 0 aliphatic rings. The Morgan fingerprint density at radius 1 is 0.542 bits per heavy atom. The van der Waals surface area contributed by atoms with E-state index in [9.17, 15) is 30.5 Å². The second-order valence-electron chi connectivity index (χ2n) is 11.4. The third-order valence-corrected chi connectivity index (χ3v) is 7.75. The molecule has 29 heteroatoms. The maximum Gasteiger partial charge on any atom is 1.00 e. The molecule has 5 heterocycles. The first-order valence-electron chi connectivity index (χ1n) is 18.8. The molecule has 0 saturated heterocycles. The molecule has 72 heavy (non-hydrogen) atoms. The smallest absolute Gasteiger partial charge is 0.857 e. The Bertz CT molecular complexity index is 2350. The quantitative estimate of drug-likeness (QED) is 0.0356. The zero-order valence-electron chi connectivity index (χ0n) is 41.6. The number of hydrogen-bond donors (Lipinski definition) is 1. The van der Waals surface area contributed by atoms with Crippen LogP contribution in [0.4, 0.5) is 5.82 Å². The number of halogens is 2. The van der Waals surface area contributed by atoms with Gasteiger partial charge in [0.05, 0.1) is 92.0 Å². The van der Waals surface area contributed by atoms with Gasteiger partial charge >= 0.3 is 76.8 Å². The zero-order valence-corrected chi connectivity index (χ0v) is 47.1. The van der Waals surface area contributed by atoms with Crippen molar-refractivity contribution < 1.29 is 146 Å². The average Bonchev–Trinajstić information content (AvgIpc) is 3.39. The summed E-state index contributed by atoms with van der Waals surface area (Å²) < 4.78 is 44.9. The molecule has 1 aromatic carbocycles. The summed E-state index contributed by atoms with van der Waals surface area (Å²) in [5.41, 5.74) is 0.338. The van der Waals surface area contributed by atoms with Gasteiger partial charge in [-0.15, -0.1) is 9.46 Å². The van der Waals surface area contributed by atoms with Crippen molar-refractivity contribution in [1.82, 2.24) is 9.97 Å². The minimum absolute atomic E-state index is 0. The predicted octanol–water partition coefficient (Wildman–Crippen LogP) is -2.31. The van der Waals surface area contributed by atoms with Crippen molar-refractivity contribution in [1.29, 1.82) is 0 Å². The van der Waals surface area contributed by atoms with Gasteiger partial charge in [-0.05, 0) is 18.2 Å². The van der Waals surface area contributed by atoms with Crippen molar-refractivity contribution in [2.75, 3.05) is 78.2 Å². The molecular weight excluding hydrogens is 1020 g/mol. The van der Waals surface area contributed by atoms with E-state index in [1.54, 1.807) is 81.2 Å². The van der Waals surface area contributed by atoms with Crippen LogP contribution in [0.5, 0.6) is 51.9 Å². The Kier molecular flexibility index (Phi) is 43.9. The van der Waals surface area contributed by atoms with Crippen LogP contribution in [-0.4, -0.2) is 104 Å². The Labute approximate surface area is 469 Å². The second-order valence-corrected chi connectivity index (χ2v) is 12.3. The number of methoxy groups -OCH3 is 9. The summed E-state index contributed by atoms with van der Waals surface area (Å²) in [6, 6.07) is 16.1. The van der Waals surface area contributed by atoms with Gasteiger partial charge in [0.1, 0.15) is 16.4 Å². The first kappa shape index (κ1) is 72.4. The number of hydrogen-bond acceptors (Lipinski definition) is 21. The fourth-order valence-electron chi connectivity index (χ4n) is 4.27. The first-order valence-corrected chi connectivity index (χ1v) is 19.6. The minimum Gasteiger partial charge on any atom is -0.857 e. The molecule has 6 aromatic rings. The monoisotopic (exact) mass is 1070 g/mol. The molecule has 384 valence electrons. The molecule has 0 bridgehead atoms. The molecule has 0 aliphatic heterocycles. The summed E-state index contributed by atoms with van der Waals surface area (Å²) >= 11 is 11.0. The van der Waals surface area contributed by atoms with Crippen LogP contribution in [0.1, 0.15) is 10.4 Å². The Morgan fingerprint density at radius 3 is 1.29 bits per heavy atom. The van der Waals surface area contributed by atoms with E-state index in [1.165, 1.54) is 86.8 Å². The summed E-state index contributed by atoms with van der Waals surface area (Å²) in [6.07, 6.45) is 11.2. The third kappa shape index (κ3) is 28.7. The molecule has 5 aromatic heterocycles. The molecule has 1 N–H and O–H groups in total. The minimum atomic E-state index is -0.814. The van der Waals surface area contributed by atoms with Crippen LogP contribution in [0, 0.1) is 25.7 Å². The maximum absolute atomic E-state index is 11.2. The van der Waals surface area contributed by atoms with Crippen molar-refractivity contribution >= 4 is 35.0 Å². The molecule has 0 aliphatic carbocycles. The van der Waals surface area contributed by atoms with E-state index in [2.05, 4.69) is 19.6 Å². The van der Waals surface area contributed by atoms with Gasteiger partial charge in [-0.3, -0.25) is 25.0 Å². The van der Waals surface area contributed by atoms with Gasteiger partial charge in [-0.1, -0.05) is 41.4 Å². The van der Waals surface area contributed by atoms with E-state index >= 15 is 0 Å². The van der Waals surface area contributed by atoms with E-state index in [1.807, 2.05) is 0 Å². The molecule has 0 amide bonds. The molecule has 0 saturated carbocycles. The van der Waals surface area contributed by atoms with Crippen molar-refractivity contribution in [3.63, 3.8) is 0 Å². The van der Waals surface area contributed by atoms with Crippen molar-refractivity contribution in [2.45, 2.75) is 0 Å². The van der Waals surface area contributed by atoms with E-state index in [4.69, 9.17) is 76.6 Å². The first-order chi connectivity index (χ1) is 33.6. The van der Waals surface area contributed by atoms with Crippen LogP contribution in [0.3, 0.4) is 0 Å². The molecule has 0 radical (unpaired) electrons. The predicted molar refractivity (Wildman–Crippen MR) is 247 cm³/mol. The van der Waals surface area contributed by atoms with Crippen LogP contribution < -0.4 is 126 Å².